The maximum atomic E-state index is 12.9. The SMILES string of the molecule is O=C(OCCBr)c1cnn(-c2ccccc2C(F)(F)F)c1. The van der Waals surface area contributed by atoms with Crippen molar-refractivity contribution in [3.05, 3.63) is 47.8 Å². The summed E-state index contributed by atoms with van der Waals surface area (Å²) >= 11 is 3.10. The summed E-state index contributed by atoms with van der Waals surface area (Å²) < 4.78 is 44.7. The van der Waals surface area contributed by atoms with Crippen molar-refractivity contribution < 1.29 is 22.7 Å². The van der Waals surface area contributed by atoms with Crippen LogP contribution in [-0.2, 0) is 10.9 Å². The molecule has 21 heavy (non-hydrogen) atoms. The van der Waals surface area contributed by atoms with Crippen molar-refractivity contribution in [2.75, 3.05) is 11.9 Å². The molecule has 0 N–H and O–H groups in total. The predicted octanol–water partition coefficient (Wildman–Crippen LogP) is 3.44. The van der Waals surface area contributed by atoms with Crippen LogP contribution in [0.4, 0.5) is 13.2 Å². The van der Waals surface area contributed by atoms with Gasteiger partial charge in [-0.15, -0.1) is 0 Å². The fraction of sp³-hybridized carbons (Fsp3) is 0.231. The summed E-state index contributed by atoms with van der Waals surface area (Å²) in [6, 6.07) is 5.00. The average Bonchev–Trinajstić information content (AvgIpc) is 2.93. The minimum absolute atomic E-state index is 0.0907. The third kappa shape index (κ3) is 3.63. The van der Waals surface area contributed by atoms with Crippen molar-refractivity contribution in [3.8, 4) is 5.69 Å². The number of hydrogen-bond donors (Lipinski definition) is 0. The van der Waals surface area contributed by atoms with E-state index in [0.717, 1.165) is 10.7 Å². The predicted molar refractivity (Wildman–Crippen MR) is 72.6 cm³/mol. The minimum Gasteiger partial charge on any atom is -0.461 e. The first kappa shape index (κ1) is 15.6. The van der Waals surface area contributed by atoms with Gasteiger partial charge in [0.15, 0.2) is 0 Å². The average molecular weight is 363 g/mol. The number of esters is 1. The summed E-state index contributed by atoms with van der Waals surface area (Å²) in [5.41, 5.74) is -0.883. The van der Waals surface area contributed by atoms with Crippen molar-refractivity contribution >= 4 is 21.9 Å². The largest absolute Gasteiger partial charge is 0.461 e. The summed E-state index contributed by atoms with van der Waals surface area (Å²) in [5, 5.41) is 4.27. The van der Waals surface area contributed by atoms with Crippen molar-refractivity contribution in [3.63, 3.8) is 0 Å². The molecule has 0 aliphatic heterocycles. The normalized spacial score (nSPS) is 11.4. The number of para-hydroxylation sites is 1. The van der Waals surface area contributed by atoms with E-state index >= 15 is 0 Å². The van der Waals surface area contributed by atoms with Gasteiger partial charge in [0, 0.05) is 11.5 Å². The highest BCUT2D eigenvalue weighted by Crippen LogP contribution is 2.33. The molecule has 0 atom stereocenters. The quantitative estimate of drug-likeness (QED) is 0.618. The molecule has 0 amide bonds. The number of halogens is 4. The van der Waals surface area contributed by atoms with E-state index in [9.17, 15) is 18.0 Å². The van der Waals surface area contributed by atoms with E-state index < -0.39 is 17.7 Å². The van der Waals surface area contributed by atoms with Crippen LogP contribution in [0.15, 0.2) is 36.7 Å². The Hall–Kier alpha value is -1.83. The molecule has 0 aliphatic rings. The Morgan fingerprint density at radius 3 is 2.71 bits per heavy atom. The lowest BCUT2D eigenvalue weighted by Gasteiger charge is -2.12. The number of ether oxygens (including phenoxy) is 1. The second kappa shape index (κ2) is 6.30. The number of carbonyl (C=O) groups is 1. The number of hydrogen-bond acceptors (Lipinski definition) is 3. The number of aromatic nitrogens is 2. The van der Waals surface area contributed by atoms with Crippen LogP contribution < -0.4 is 0 Å². The van der Waals surface area contributed by atoms with Crippen LogP contribution >= 0.6 is 15.9 Å². The van der Waals surface area contributed by atoms with E-state index in [2.05, 4.69) is 21.0 Å². The van der Waals surface area contributed by atoms with Crippen molar-refractivity contribution in [1.29, 1.82) is 0 Å². The van der Waals surface area contributed by atoms with Crippen LogP contribution in [0.5, 0.6) is 0 Å². The summed E-state index contributed by atoms with van der Waals surface area (Å²) in [5.74, 6) is -0.634. The summed E-state index contributed by atoms with van der Waals surface area (Å²) in [6.45, 7) is 0.170. The van der Waals surface area contributed by atoms with Gasteiger partial charge in [-0.05, 0) is 12.1 Å². The van der Waals surface area contributed by atoms with Gasteiger partial charge in [0.25, 0.3) is 0 Å². The molecule has 0 saturated carbocycles. The van der Waals surface area contributed by atoms with Crippen molar-refractivity contribution in [2.45, 2.75) is 6.18 Å². The van der Waals surface area contributed by atoms with Gasteiger partial charge in [0.2, 0.25) is 0 Å². The standard InChI is InChI=1S/C13H10BrF3N2O2/c14-5-6-21-12(20)9-7-18-19(8-9)11-4-2-1-3-10(11)13(15,16)17/h1-4,7-8H,5-6H2. The Morgan fingerprint density at radius 2 is 2.05 bits per heavy atom. The maximum absolute atomic E-state index is 12.9. The number of nitrogens with zero attached hydrogens (tertiary/aromatic N) is 2. The molecular formula is C13H10BrF3N2O2. The Bertz CT molecular complexity index is 640. The van der Waals surface area contributed by atoms with Gasteiger partial charge >= 0.3 is 12.1 Å². The van der Waals surface area contributed by atoms with Gasteiger partial charge in [-0.1, -0.05) is 28.1 Å². The van der Waals surface area contributed by atoms with Crippen LogP contribution in [0.25, 0.3) is 5.69 Å². The zero-order valence-corrected chi connectivity index (χ0v) is 12.2. The first-order valence-corrected chi connectivity index (χ1v) is 7.00. The van der Waals surface area contributed by atoms with Gasteiger partial charge < -0.3 is 4.74 Å². The van der Waals surface area contributed by atoms with Crippen LogP contribution in [0, 0.1) is 0 Å². The number of carbonyl (C=O) groups excluding carboxylic acids is 1. The van der Waals surface area contributed by atoms with Crippen LogP contribution in [0.3, 0.4) is 0 Å². The van der Waals surface area contributed by atoms with Gasteiger partial charge in [-0.2, -0.15) is 18.3 Å². The van der Waals surface area contributed by atoms with Crippen LogP contribution in [0.2, 0.25) is 0 Å². The van der Waals surface area contributed by atoms with E-state index in [1.165, 1.54) is 30.6 Å². The molecule has 8 heteroatoms. The highest BCUT2D eigenvalue weighted by molar-refractivity contribution is 9.09. The molecule has 1 aromatic heterocycles. The third-order valence-electron chi connectivity index (χ3n) is 2.58. The molecule has 0 fully saturated rings. The molecule has 0 unspecified atom stereocenters. The summed E-state index contributed by atoms with van der Waals surface area (Å²) in [6.07, 6.45) is -2.12. The lowest BCUT2D eigenvalue weighted by atomic mass is 10.1. The second-order valence-corrected chi connectivity index (χ2v) is 4.81. The fourth-order valence-electron chi connectivity index (χ4n) is 1.69. The van der Waals surface area contributed by atoms with Crippen molar-refractivity contribution in [1.82, 2.24) is 9.78 Å². The molecule has 0 bridgehead atoms. The minimum atomic E-state index is -4.50. The third-order valence-corrected chi connectivity index (χ3v) is 2.91. The molecule has 0 spiro atoms. The molecule has 4 nitrogen and oxygen atoms in total. The summed E-state index contributed by atoms with van der Waals surface area (Å²) in [4.78, 5) is 11.6. The van der Waals surface area contributed by atoms with Crippen LogP contribution in [-0.4, -0.2) is 27.7 Å². The van der Waals surface area contributed by atoms with Gasteiger partial charge in [-0.25, -0.2) is 9.48 Å². The Labute approximate surface area is 126 Å². The van der Waals surface area contributed by atoms with Crippen molar-refractivity contribution in [2.24, 2.45) is 0 Å². The lowest BCUT2D eigenvalue weighted by Crippen LogP contribution is -2.11. The van der Waals surface area contributed by atoms with E-state index in [1.54, 1.807) is 0 Å². The van der Waals surface area contributed by atoms with Gasteiger partial charge in [0.1, 0.15) is 6.61 Å². The maximum Gasteiger partial charge on any atom is 0.418 e. The Balaban J connectivity index is 2.32. The summed E-state index contributed by atoms with van der Waals surface area (Å²) in [7, 11) is 0. The van der Waals surface area contributed by atoms with E-state index in [0.29, 0.717) is 5.33 Å². The lowest BCUT2D eigenvalue weighted by molar-refractivity contribution is -0.137. The van der Waals surface area contributed by atoms with Crippen LogP contribution in [0.1, 0.15) is 15.9 Å². The van der Waals surface area contributed by atoms with Gasteiger partial charge in [0.05, 0.1) is 23.0 Å². The molecular weight excluding hydrogens is 353 g/mol. The number of rotatable bonds is 4. The monoisotopic (exact) mass is 362 g/mol. The molecule has 0 radical (unpaired) electrons. The molecule has 1 heterocycles. The van der Waals surface area contributed by atoms with Gasteiger partial charge in [-0.3, -0.25) is 0 Å². The van der Waals surface area contributed by atoms with E-state index in [-0.39, 0.29) is 17.9 Å². The zero-order valence-electron chi connectivity index (χ0n) is 10.6. The molecule has 0 aliphatic carbocycles. The Morgan fingerprint density at radius 1 is 1.33 bits per heavy atom. The molecule has 112 valence electrons. The highest BCUT2D eigenvalue weighted by atomic mass is 79.9. The fourth-order valence-corrected chi connectivity index (χ4v) is 1.85. The number of benzene rings is 1. The topological polar surface area (TPSA) is 44.1 Å². The molecule has 1 aromatic carbocycles. The molecule has 2 rings (SSSR count). The second-order valence-electron chi connectivity index (χ2n) is 4.01. The smallest absolute Gasteiger partial charge is 0.418 e. The van der Waals surface area contributed by atoms with E-state index in [4.69, 9.17) is 4.74 Å². The molecule has 2 aromatic rings. The van der Waals surface area contributed by atoms with E-state index in [1.807, 2.05) is 0 Å². The zero-order chi connectivity index (χ0) is 15.5. The first-order valence-electron chi connectivity index (χ1n) is 5.88. The molecule has 0 saturated heterocycles. The number of alkyl halides is 4. The first-order chi connectivity index (χ1) is 9.93. The Kier molecular flexibility index (Phi) is 4.66. The highest BCUT2D eigenvalue weighted by Gasteiger charge is 2.34.